The van der Waals surface area contributed by atoms with Gasteiger partial charge in [-0.2, -0.15) is 0 Å². The fourth-order valence-corrected chi connectivity index (χ4v) is 2.45. The number of hydrogen-bond acceptors (Lipinski definition) is 2. The number of hydrogen-bond donors (Lipinski definition) is 1. The quantitative estimate of drug-likeness (QED) is 0.717. The first kappa shape index (κ1) is 17.6. The molecule has 0 saturated carbocycles. The molecular weight excluding hydrogens is 282 g/mol. The van der Waals surface area contributed by atoms with Crippen LogP contribution in [0.4, 0.5) is 0 Å². The second-order valence-electron chi connectivity index (χ2n) is 6.63. The third-order valence-electron chi connectivity index (χ3n) is 4.20. The molecule has 2 rings (SSSR count). The van der Waals surface area contributed by atoms with Crippen molar-refractivity contribution >= 4 is 0 Å². The van der Waals surface area contributed by atoms with Crippen LogP contribution < -0.4 is 10.1 Å². The molecule has 0 spiro atoms. The molecule has 1 atom stereocenters. The Morgan fingerprint density at radius 3 is 2.30 bits per heavy atom. The van der Waals surface area contributed by atoms with E-state index in [0.717, 1.165) is 25.3 Å². The van der Waals surface area contributed by atoms with Gasteiger partial charge in [-0.1, -0.05) is 50.2 Å². The van der Waals surface area contributed by atoms with E-state index in [4.69, 9.17) is 4.74 Å². The van der Waals surface area contributed by atoms with Crippen LogP contribution in [0, 0.1) is 12.8 Å². The smallest absolute Gasteiger partial charge is 0.119 e. The highest BCUT2D eigenvalue weighted by Gasteiger charge is 2.06. The largest absolute Gasteiger partial charge is 0.494 e. The molecule has 0 fully saturated rings. The molecule has 0 aliphatic heterocycles. The van der Waals surface area contributed by atoms with Gasteiger partial charge in [0.15, 0.2) is 0 Å². The van der Waals surface area contributed by atoms with Crippen molar-refractivity contribution in [3.63, 3.8) is 0 Å². The number of benzene rings is 2. The topological polar surface area (TPSA) is 21.3 Å². The summed E-state index contributed by atoms with van der Waals surface area (Å²) < 4.78 is 5.78. The van der Waals surface area contributed by atoms with Gasteiger partial charge in [0.05, 0.1) is 6.61 Å². The SMILES string of the molecule is Cc1ccccc1CNC(C)c1ccc(OCCC(C)C)cc1. The first-order valence-electron chi connectivity index (χ1n) is 8.57. The molecule has 0 amide bonds. The van der Waals surface area contributed by atoms with Gasteiger partial charge in [-0.05, 0) is 55.0 Å². The van der Waals surface area contributed by atoms with Crippen molar-refractivity contribution in [2.75, 3.05) is 6.61 Å². The Kier molecular flexibility index (Phi) is 6.66. The summed E-state index contributed by atoms with van der Waals surface area (Å²) in [5.41, 5.74) is 3.98. The summed E-state index contributed by atoms with van der Waals surface area (Å²) in [5.74, 6) is 1.64. The lowest BCUT2D eigenvalue weighted by atomic mass is 10.1. The minimum absolute atomic E-state index is 0.319. The molecule has 2 aromatic carbocycles. The number of ether oxygens (including phenoxy) is 1. The van der Waals surface area contributed by atoms with Gasteiger partial charge in [-0.3, -0.25) is 0 Å². The third kappa shape index (κ3) is 5.72. The molecule has 1 unspecified atom stereocenters. The first-order chi connectivity index (χ1) is 11.1. The molecule has 0 aliphatic carbocycles. The Hall–Kier alpha value is -1.80. The van der Waals surface area contributed by atoms with E-state index in [-0.39, 0.29) is 0 Å². The summed E-state index contributed by atoms with van der Waals surface area (Å²) >= 11 is 0. The average Bonchev–Trinajstić information content (AvgIpc) is 2.54. The van der Waals surface area contributed by atoms with Crippen LogP contribution in [0.5, 0.6) is 5.75 Å². The van der Waals surface area contributed by atoms with Gasteiger partial charge >= 0.3 is 0 Å². The second-order valence-corrected chi connectivity index (χ2v) is 6.63. The van der Waals surface area contributed by atoms with Crippen molar-refractivity contribution in [2.45, 2.75) is 46.7 Å². The molecule has 0 heterocycles. The van der Waals surface area contributed by atoms with Crippen molar-refractivity contribution in [1.29, 1.82) is 0 Å². The minimum atomic E-state index is 0.319. The second kappa shape index (κ2) is 8.73. The van der Waals surface area contributed by atoms with Gasteiger partial charge in [0.1, 0.15) is 5.75 Å². The molecule has 124 valence electrons. The fourth-order valence-electron chi connectivity index (χ4n) is 2.45. The standard InChI is InChI=1S/C21H29NO/c1-16(2)13-14-23-21-11-9-19(10-12-21)18(4)22-15-20-8-6-5-7-17(20)3/h5-12,16,18,22H,13-15H2,1-4H3. The monoisotopic (exact) mass is 311 g/mol. The highest BCUT2D eigenvalue weighted by molar-refractivity contribution is 5.29. The Morgan fingerprint density at radius 2 is 1.65 bits per heavy atom. The zero-order valence-corrected chi connectivity index (χ0v) is 14.8. The lowest BCUT2D eigenvalue weighted by Crippen LogP contribution is -2.18. The van der Waals surface area contributed by atoms with E-state index in [1.807, 2.05) is 0 Å². The highest BCUT2D eigenvalue weighted by atomic mass is 16.5. The summed E-state index contributed by atoms with van der Waals surface area (Å²) in [7, 11) is 0. The lowest BCUT2D eigenvalue weighted by molar-refractivity contribution is 0.289. The molecule has 23 heavy (non-hydrogen) atoms. The summed E-state index contributed by atoms with van der Waals surface area (Å²) in [6, 6.07) is 17.3. The van der Waals surface area contributed by atoms with E-state index in [1.165, 1.54) is 16.7 Å². The van der Waals surface area contributed by atoms with Crippen molar-refractivity contribution in [3.05, 3.63) is 65.2 Å². The Labute approximate surface area is 140 Å². The van der Waals surface area contributed by atoms with E-state index >= 15 is 0 Å². The van der Waals surface area contributed by atoms with E-state index in [9.17, 15) is 0 Å². The van der Waals surface area contributed by atoms with Crippen LogP contribution in [-0.2, 0) is 6.54 Å². The van der Waals surface area contributed by atoms with Gasteiger partial charge < -0.3 is 10.1 Å². The Balaban J connectivity index is 1.85. The maximum absolute atomic E-state index is 5.78. The molecule has 1 N–H and O–H groups in total. The zero-order valence-electron chi connectivity index (χ0n) is 14.8. The van der Waals surface area contributed by atoms with Gasteiger partial charge in [-0.15, -0.1) is 0 Å². The van der Waals surface area contributed by atoms with Crippen LogP contribution in [0.1, 0.15) is 49.9 Å². The number of aryl methyl sites for hydroxylation is 1. The van der Waals surface area contributed by atoms with Gasteiger partial charge in [0.25, 0.3) is 0 Å². The number of rotatable bonds is 8. The summed E-state index contributed by atoms with van der Waals surface area (Å²) in [6.45, 7) is 10.5. The molecule has 0 saturated heterocycles. The maximum atomic E-state index is 5.78. The van der Waals surface area contributed by atoms with Crippen molar-refractivity contribution in [1.82, 2.24) is 5.32 Å². The van der Waals surface area contributed by atoms with Crippen LogP contribution >= 0.6 is 0 Å². The molecule has 2 aromatic rings. The van der Waals surface area contributed by atoms with Gasteiger partial charge in [-0.25, -0.2) is 0 Å². The highest BCUT2D eigenvalue weighted by Crippen LogP contribution is 2.19. The van der Waals surface area contributed by atoms with Crippen molar-refractivity contribution in [2.24, 2.45) is 5.92 Å². The third-order valence-corrected chi connectivity index (χ3v) is 4.20. The van der Waals surface area contributed by atoms with Crippen molar-refractivity contribution < 1.29 is 4.74 Å². The fraction of sp³-hybridized carbons (Fsp3) is 0.429. The number of nitrogens with one attached hydrogen (secondary N) is 1. The first-order valence-corrected chi connectivity index (χ1v) is 8.57. The van der Waals surface area contributed by atoms with Crippen LogP contribution in [0.15, 0.2) is 48.5 Å². The lowest BCUT2D eigenvalue weighted by Gasteiger charge is -2.16. The van der Waals surface area contributed by atoms with E-state index in [2.05, 4.69) is 81.5 Å². The maximum Gasteiger partial charge on any atom is 0.119 e. The normalized spacial score (nSPS) is 12.4. The zero-order chi connectivity index (χ0) is 16.7. The predicted octanol–water partition coefficient (Wildman–Crippen LogP) is 5.27. The van der Waals surface area contributed by atoms with Crippen molar-refractivity contribution in [3.8, 4) is 5.75 Å². The summed E-state index contributed by atoms with van der Waals surface area (Å²) in [6.07, 6.45) is 1.09. The summed E-state index contributed by atoms with van der Waals surface area (Å²) in [5, 5.41) is 3.59. The van der Waals surface area contributed by atoms with E-state index in [1.54, 1.807) is 0 Å². The molecule has 0 radical (unpaired) electrons. The van der Waals surface area contributed by atoms with Crippen LogP contribution in [-0.4, -0.2) is 6.61 Å². The van der Waals surface area contributed by atoms with E-state index in [0.29, 0.717) is 12.0 Å². The van der Waals surface area contributed by atoms with Crippen LogP contribution in [0.2, 0.25) is 0 Å². The molecule has 2 nitrogen and oxygen atoms in total. The summed E-state index contributed by atoms with van der Waals surface area (Å²) in [4.78, 5) is 0. The molecular formula is C21H29NO. The Bertz CT molecular complexity index is 589. The molecule has 2 heteroatoms. The predicted molar refractivity (Wildman–Crippen MR) is 97.8 cm³/mol. The molecule has 0 bridgehead atoms. The minimum Gasteiger partial charge on any atom is -0.494 e. The van der Waals surface area contributed by atoms with Crippen LogP contribution in [0.3, 0.4) is 0 Å². The average molecular weight is 311 g/mol. The van der Waals surface area contributed by atoms with E-state index < -0.39 is 0 Å². The van der Waals surface area contributed by atoms with Gasteiger partial charge in [0, 0.05) is 12.6 Å². The Morgan fingerprint density at radius 1 is 0.957 bits per heavy atom. The molecule has 0 aromatic heterocycles. The van der Waals surface area contributed by atoms with Crippen LogP contribution in [0.25, 0.3) is 0 Å². The van der Waals surface area contributed by atoms with Gasteiger partial charge in [0.2, 0.25) is 0 Å². The molecule has 0 aliphatic rings.